The topological polar surface area (TPSA) is 38.3 Å². The van der Waals surface area contributed by atoms with E-state index in [1.165, 1.54) is 65.0 Å². The Morgan fingerprint density at radius 1 is 1.21 bits per heavy atom. The number of hydrogen-bond donors (Lipinski definition) is 1. The van der Waals surface area contributed by atoms with Crippen LogP contribution in [0, 0.1) is 0 Å². The molecule has 2 aromatic carbocycles. The number of carbonyl (C=O) groups excluding carboxylic acids is 1. The molecule has 0 bridgehead atoms. The maximum Gasteiger partial charge on any atom is 0.251 e. The molecule has 28 heavy (non-hydrogen) atoms. The average Bonchev–Trinajstić information content (AvgIpc) is 2.73. The highest BCUT2D eigenvalue weighted by atomic mass is 32.2. The molecule has 1 unspecified atom stereocenters. The van der Waals surface area contributed by atoms with Crippen LogP contribution in [0.1, 0.15) is 47.4 Å². The number of hydrogen-bond acceptors (Lipinski definition) is 5. The summed E-state index contributed by atoms with van der Waals surface area (Å²) in [4.78, 5) is 12.6. The second kappa shape index (κ2) is 9.38. The van der Waals surface area contributed by atoms with Crippen molar-refractivity contribution in [2.45, 2.75) is 48.7 Å². The van der Waals surface area contributed by atoms with E-state index in [0.29, 0.717) is 5.92 Å². The molecular weight excluding hydrogens is 386 g/mol. The number of nitrogens with one attached hydrogen (secondary N) is 1. The third-order valence-corrected chi connectivity index (χ3v) is 7.81. The Morgan fingerprint density at radius 2 is 2.14 bits per heavy atom. The molecular formula is C23H27NO2S2. The van der Waals surface area contributed by atoms with Crippen molar-refractivity contribution >= 4 is 28.0 Å². The first-order valence-electron chi connectivity index (χ1n) is 10.1. The van der Waals surface area contributed by atoms with Crippen molar-refractivity contribution in [3.63, 3.8) is 0 Å². The molecule has 0 saturated heterocycles. The van der Waals surface area contributed by atoms with E-state index in [1.54, 1.807) is 7.11 Å². The number of rotatable bonds is 7. The Balaban J connectivity index is 1.26. The van der Waals surface area contributed by atoms with Crippen LogP contribution in [0.25, 0.3) is 0 Å². The molecule has 3 nitrogen and oxygen atoms in total. The van der Waals surface area contributed by atoms with E-state index in [1.807, 2.05) is 0 Å². The van der Waals surface area contributed by atoms with Gasteiger partial charge in [-0.2, -0.15) is 0 Å². The first-order chi connectivity index (χ1) is 13.7. The summed E-state index contributed by atoms with van der Waals surface area (Å²) in [5, 5.41) is 3.63. The average molecular weight is 414 g/mol. The van der Waals surface area contributed by atoms with Crippen molar-refractivity contribution in [2.75, 3.05) is 20.2 Å². The van der Waals surface area contributed by atoms with Crippen LogP contribution in [0.2, 0.25) is 0 Å². The van der Waals surface area contributed by atoms with Crippen LogP contribution < -0.4 is 10.1 Å². The molecule has 1 heterocycles. The Morgan fingerprint density at radius 3 is 3.04 bits per heavy atom. The first-order valence-corrected chi connectivity index (χ1v) is 11.9. The van der Waals surface area contributed by atoms with Crippen molar-refractivity contribution in [3.8, 4) is 5.75 Å². The van der Waals surface area contributed by atoms with E-state index >= 15 is 0 Å². The van der Waals surface area contributed by atoms with E-state index < -0.39 is 0 Å². The largest absolute Gasteiger partial charge is 0.496 e. The van der Waals surface area contributed by atoms with Gasteiger partial charge >= 0.3 is 0 Å². The summed E-state index contributed by atoms with van der Waals surface area (Å²) in [7, 11) is 1.77. The van der Waals surface area contributed by atoms with E-state index in [2.05, 4.69) is 41.7 Å². The second-order valence-electron chi connectivity index (χ2n) is 7.49. The van der Waals surface area contributed by atoms with Crippen LogP contribution >= 0.6 is 23.5 Å². The van der Waals surface area contributed by atoms with Gasteiger partial charge in [0.1, 0.15) is 5.75 Å². The summed E-state index contributed by atoms with van der Waals surface area (Å²) in [6.45, 7) is 2.04. The molecule has 1 aliphatic heterocycles. The normalized spacial score (nSPS) is 18.5. The van der Waals surface area contributed by atoms with E-state index in [4.69, 9.17) is 4.74 Å². The molecule has 5 heteroatoms. The Kier molecular flexibility index (Phi) is 6.65. The molecule has 0 fully saturated rings. The van der Waals surface area contributed by atoms with Crippen LogP contribution in [0.15, 0.2) is 41.3 Å². The highest BCUT2D eigenvalue weighted by Crippen LogP contribution is 2.39. The smallest absolute Gasteiger partial charge is 0.251 e. The van der Waals surface area contributed by atoms with Gasteiger partial charge in [-0.05, 0) is 97.3 Å². The Hall–Kier alpha value is -1.43. The number of thioether (sulfide) groups is 2. The molecule has 1 aliphatic carbocycles. The summed E-state index contributed by atoms with van der Waals surface area (Å²) in [5.74, 6) is 2.51. The van der Waals surface area contributed by atoms with Crippen molar-refractivity contribution < 1.29 is 9.53 Å². The Labute approximate surface area is 176 Å². The maximum absolute atomic E-state index is 11.5. The predicted molar refractivity (Wildman–Crippen MR) is 119 cm³/mol. The minimum absolute atomic E-state index is 0.212. The van der Waals surface area contributed by atoms with Crippen molar-refractivity contribution in [2.24, 2.45) is 0 Å². The van der Waals surface area contributed by atoms with E-state index in [-0.39, 0.29) is 4.45 Å². The van der Waals surface area contributed by atoms with Gasteiger partial charge in [0.05, 0.1) is 7.11 Å². The fourth-order valence-electron chi connectivity index (χ4n) is 4.30. The molecule has 1 atom stereocenters. The van der Waals surface area contributed by atoms with Gasteiger partial charge in [0.25, 0.3) is 4.45 Å². The van der Waals surface area contributed by atoms with Crippen LogP contribution in [-0.4, -0.2) is 24.6 Å². The van der Waals surface area contributed by atoms with Crippen LogP contribution in [-0.2, 0) is 18.6 Å². The molecule has 2 aliphatic rings. The number of carbonyl (C=O) groups is 1. The zero-order chi connectivity index (χ0) is 19.3. The Bertz CT molecular complexity index is 852. The lowest BCUT2D eigenvalue weighted by atomic mass is 9.80. The van der Waals surface area contributed by atoms with Crippen molar-refractivity contribution in [1.82, 2.24) is 5.32 Å². The van der Waals surface area contributed by atoms with Crippen molar-refractivity contribution in [3.05, 3.63) is 58.7 Å². The van der Waals surface area contributed by atoms with Gasteiger partial charge in [0.15, 0.2) is 0 Å². The van der Waals surface area contributed by atoms with E-state index in [9.17, 15) is 4.79 Å². The van der Waals surface area contributed by atoms with Gasteiger partial charge in [0, 0.05) is 10.6 Å². The molecule has 0 radical (unpaired) electrons. The standard InChI is InChI=1S/C23H27NO2S2/c1-26-21-7-3-5-19-17(4-2-6-20(19)21)11-13-24-12-10-16-8-9-22-18(14-16)15-27-23(25)28-22/h3,5,7-9,14,17,24H,2,4,6,10-13,15H2,1H3. The monoisotopic (exact) mass is 413 g/mol. The minimum atomic E-state index is 0.212. The van der Waals surface area contributed by atoms with Gasteiger partial charge in [-0.3, -0.25) is 4.79 Å². The van der Waals surface area contributed by atoms with Gasteiger partial charge in [-0.25, -0.2) is 0 Å². The van der Waals surface area contributed by atoms with Gasteiger partial charge in [0.2, 0.25) is 0 Å². The fourth-order valence-corrected chi connectivity index (χ4v) is 6.16. The molecule has 0 saturated carbocycles. The van der Waals surface area contributed by atoms with E-state index in [0.717, 1.165) is 42.3 Å². The number of fused-ring (bicyclic) bond motifs is 2. The van der Waals surface area contributed by atoms with Gasteiger partial charge in [-0.1, -0.05) is 36.0 Å². The fraction of sp³-hybridized carbons (Fsp3) is 0.435. The van der Waals surface area contributed by atoms with Gasteiger partial charge in [-0.15, -0.1) is 0 Å². The molecule has 148 valence electrons. The molecule has 1 N–H and O–H groups in total. The lowest BCUT2D eigenvalue weighted by molar-refractivity contribution is 0.276. The van der Waals surface area contributed by atoms with Crippen LogP contribution in [0.5, 0.6) is 5.75 Å². The minimum Gasteiger partial charge on any atom is -0.496 e. The van der Waals surface area contributed by atoms with Crippen LogP contribution in [0.4, 0.5) is 4.79 Å². The number of ether oxygens (including phenoxy) is 1. The highest BCUT2D eigenvalue weighted by Gasteiger charge is 2.22. The first kappa shape index (κ1) is 19.9. The third-order valence-electron chi connectivity index (χ3n) is 5.73. The third kappa shape index (κ3) is 4.58. The lowest BCUT2D eigenvalue weighted by Crippen LogP contribution is -2.22. The zero-order valence-corrected chi connectivity index (χ0v) is 18.0. The lowest BCUT2D eigenvalue weighted by Gasteiger charge is -2.27. The maximum atomic E-state index is 11.5. The summed E-state index contributed by atoms with van der Waals surface area (Å²) in [5.41, 5.74) is 5.57. The molecule has 4 rings (SSSR count). The summed E-state index contributed by atoms with van der Waals surface area (Å²) < 4.78 is 5.77. The molecule has 0 spiro atoms. The number of methoxy groups -OCH3 is 1. The molecule has 0 aromatic heterocycles. The highest BCUT2D eigenvalue weighted by molar-refractivity contribution is 8.38. The summed E-state index contributed by atoms with van der Waals surface area (Å²) in [6.07, 6.45) is 5.89. The summed E-state index contributed by atoms with van der Waals surface area (Å²) in [6, 6.07) is 13.1. The summed E-state index contributed by atoms with van der Waals surface area (Å²) >= 11 is 2.78. The zero-order valence-electron chi connectivity index (χ0n) is 16.3. The van der Waals surface area contributed by atoms with Crippen LogP contribution in [0.3, 0.4) is 0 Å². The predicted octanol–water partition coefficient (Wildman–Crippen LogP) is 5.80. The quantitative estimate of drug-likeness (QED) is 0.581. The van der Waals surface area contributed by atoms with Crippen molar-refractivity contribution in [1.29, 1.82) is 0 Å². The molecule has 0 amide bonds. The number of benzene rings is 2. The SMILES string of the molecule is COc1cccc2c1CCCC2CCNCCc1ccc2c(c1)CSC(=O)S2. The molecule has 2 aromatic rings. The second-order valence-corrected chi connectivity index (χ2v) is 9.71. The van der Waals surface area contributed by atoms with Gasteiger partial charge < -0.3 is 10.1 Å².